The van der Waals surface area contributed by atoms with Crippen LogP contribution in [-0.4, -0.2) is 60.1 Å². The van der Waals surface area contributed by atoms with E-state index in [4.69, 9.17) is 4.98 Å². The largest absolute Gasteiger partial charge is 0.326 e. The maximum absolute atomic E-state index is 12.2. The van der Waals surface area contributed by atoms with E-state index in [-0.39, 0.29) is 6.03 Å². The van der Waals surface area contributed by atoms with Gasteiger partial charge in [-0.05, 0) is 57.0 Å². The summed E-state index contributed by atoms with van der Waals surface area (Å²) in [4.78, 5) is 23.5. The minimum absolute atomic E-state index is 0.0949. The molecule has 2 aliphatic heterocycles. The van der Waals surface area contributed by atoms with Crippen LogP contribution in [0.2, 0.25) is 0 Å². The molecule has 0 N–H and O–H groups in total. The Labute approximate surface area is 158 Å². The molecule has 0 radical (unpaired) electrons. The summed E-state index contributed by atoms with van der Waals surface area (Å²) in [5.74, 6) is 0.627. The SMILES string of the molecule is CN1CCN(c2ccc3nc(C4CC(N5CCCCC5)C4)sc3c2)C1=O. The number of nitrogens with zero attached hydrogens (tertiary/aromatic N) is 4. The van der Waals surface area contributed by atoms with Crippen LogP contribution in [0.1, 0.15) is 43.0 Å². The lowest BCUT2D eigenvalue weighted by atomic mass is 9.79. The Morgan fingerprint density at radius 1 is 1.08 bits per heavy atom. The molecule has 2 amide bonds. The first-order chi connectivity index (χ1) is 12.7. The van der Waals surface area contributed by atoms with Gasteiger partial charge in [-0.1, -0.05) is 6.42 Å². The summed E-state index contributed by atoms with van der Waals surface area (Å²) in [5, 5.41) is 1.29. The Morgan fingerprint density at radius 2 is 1.88 bits per heavy atom. The number of rotatable bonds is 3. The van der Waals surface area contributed by atoms with Crippen LogP contribution in [0.25, 0.3) is 10.2 Å². The molecule has 0 unspecified atom stereocenters. The number of amides is 2. The number of benzene rings is 1. The number of aromatic nitrogens is 1. The maximum atomic E-state index is 12.2. The van der Waals surface area contributed by atoms with E-state index >= 15 is 0 Å². The monoisotopic (exact) mass is 370 g/mol. The Bertz CT molecular complexity index is 822. The zero-order valence-corrected chi connectivity index (χ0v) is 16.2. The number of likely N-dealkylation sites (N-methyl/N-ethyl adjacent to an activating group) is 1. The summed E-state index contributed by atoms with van der Waals surface area (Å²) in [5.41, 5.74) is 2.08. The van der Waals surface area contributed by atoms with Crippen LogP contribution in [0.15, 0.2) is 18.2 Å². The normalized spacial score (nSPS) is 27.3. The predicted molar refractivity (Wildman–Crippen MR) is 106 cm³/mol. The van der Waals surface area contributed by atoms with Crippen LogP contribution >= 0.6 is 11.3 Å². The van der Waals surface area contributed by atoms with E-state index in [0.29, 0.717) is 5.92 Å². The van der Waals surface area contributed by atoms with Crippen molar-refractivity contribution in [2.45, 2.75) is 44.1 Å². The van der Waals surface area contributed by atoms with Crippen molar-refractivity contribution in [3.63, 3.8) is 0 Å². The Kier molecular flexibility index (Phi) is 4.13. The van der Waals surface area contributed by atoms with Crippen molar-refractivity contribution in [3.8, 4) is 0 Å². The van der Waals surface area contributed by atoms with Gasteiger partial charge in [-0.3, -0.25) is 4.90 Å². The summed E-state index contributed by atoms with van der Waals surface area (Å²) >= 11 is 1.82. The van der Waals surface area contributed by atoms with Gasteiger partial charge >= 0.3 is 6.03 Å². The Balaban J connectivity index is 1.31. The molecule has 6 heteroatoms. The summed E-state index contributed by atoms with van der Waals surface area (Å²) in [6.45, 7) is 4.15. The number of thiazole rings is 1. The van der Waals surface area contributed by atoms with Gasteiger partial charge in [-0.25, -0.2) is 9.78 Å². The molecule has 3 fully saturated rings. The fraction of sp³-hybridized carbons (Fsp3) is 0.600. The molecule has 1 aliphatic carbocycles. The molecule has 2 saturated heterocycles. The third kappa shape index (κ3) is 2.79. The first kappa shape index (κ1) is 16.5. The molecule has 2 aromatic rings. The van der Waals surface area contributed by atoms with Crippen LogP contribution in [0.5, 0.6) is 0 Å². The van der Waals surface area contributed by atoms with Gasteiger partial charge in [0.25, 0.3) is 0 Å². The highest BCUT2D eigenvalue weighted by Crippen LogP contribution is 2.43. The molecule has 1 aromatic carbocycles. The minimum Gasteiger partial charge on any atom is -0.326 e. The second-order valence-corrected chi connectivity index (χ2v) is 9.04. The smallest absolute Gasteiger partial charge is 0.324 e. The number of carbonyl (C=O) groups is 1. The lowest BCUT2D eigenvalue weighted by Crippen LogP contribution is -2.46. The second kappa shape index (κ2) is 6.50. The quantitative estimate of drug-likeness (QED) is 0.823. The average Bonchev–Trinajstić information content (AvgIpc) is 3.18. The van der Waals surface area contributed by atoms with Gasteiger partial charge in [0.2, 0.25) is 0 Å². The Morgan fingerprint density at radius 3 is 2.62 bits per heavy atom. The number of fused-ring (bicyclic) bond motifs is 1. The van der Waals surface area contributed by atoms with Gasteiger partial charge in [-0.15, -0.1) is 11.3 Å². The summed E-state index contributed by atoms with van der Waals surface area (Å²) < 4.78 is 1.21. The summed E-state index contributed by atoms with van der Waals surface area (Å²) in [6.07, 6.45) is 6.68. The van der Waals surface area contributed by atoms with E-state index in [1.54, 1.807) is 4.90 Å². The van der Waals surface area contributed by atoms with Gasteiger partial charge in [0.1, 0.15) is 0 Å². The van der Waals surface area contributed by atoms with Crippen molar-refractivity contribution in [1.82, 2.24) is 14.8 Å². The number of hydrogen-bond donors (Lipinski definition) is 0. The third-order valence-electron chi connectivity index (χ3n) is 6.29. The fourth-order valence-corrected chi connectivity index (χ4v) is 5.66. The van der Waals surface area contributed by atoms with E-state index in [2.05, 4.69) is 17.0 Å². The molecule has 26 heavy (non-hydrogen) atoms. The van der Waals surface area contributed by atoms with Crippen LogP contribution in [-0.2, 0) is 0 Å². The van der Waals surface area contributed by atoms with Crippen molar-refractivity contribution < 1.29 is 4.79 Å². The predicted octanol–water partition coefficient (Wildman–Crippen LogP) is 3.90. The van der Waals surface area contributed by atoms with Gasteiger partial charge in [-0.2, -0.15) is 0 Å². The molecule has 138 valence electrons. The van der Waals surface area contributed by atoms with E-state index in [1.807, 2.05) is 29.4 Å². The number of anilines is 1. The lowest BCUT2D eigenvalue weighted by Gasteiger charge is -2.43. The standard InChI is InChI=1S/C20H26N4OS/c1-22-9-10-24(20(22)25)15-5-6-17-18(13-15)26-19(21-17)14-11-16(12-14)23-7-3-2-4-8-23/h5-6,13-14,16H,2-4,7-12H2,1H3. The van der Waals surface area contributed by atoms with Gasteiger partial charge in [0.15, 0.2) is 0 Å². The van der Waals surface area contributed by atoms with Crippen molar-refractivity contribution >= 4 is 33.3 Å². The van der Waals surface area contributed by atoms with Crippen LogP contribution < -0.4 is 4.90 Å². The summed E-state index contributed by atoms with van der Waals surface area (Å²) in [7, 11) is 1.86. The van der Waals surface area contributed by atoms with Crippen molar-refractivity contribution in [1.29, 1.82) is 0 Å². The summed E-state index contributed by atoms with van der Waals surface area (Å²) in [6, 6.07) is 7.14. The zero-order chi connectivity index (χ0) is 17.7. The maximum Gasteiger partial charge on any atom is 0.324 e. The second-order valence-electron chi connectivity index (χ2n) is 7.98. The number of piperidine rings is 1. The number of likely N-dealkylation sites (tertiary alicyclic amines) is 1. The molecule has 5 nitrogen and oxygen atoms in total. The van der Waals surface area contributed by atoms with Crippen molar-refractivity contribution in [3.05, 3.63) is 23.2 Å². The molecule has 3 heterocycles. The fourth-order valence-electron chi connectivity index (χ4n) is 4.53. The number of urea groups is 1. The van der Waals surface area contributed by atoms with E-state index in [9.17, 15) is 4.79 Å². The van der Waals surface area contributed by atoms with Crippen LogP contribution in [0.4, 0.5) is 10.5 Å². The Hall–Kier alpha value is -1.66. The van der Waals surface area contributed by atoms with Crippen molar-refractivity contribution in [2.75, 3.05) is 38.1 Å². The molecular weight excluding hydrogens is 344 g/mol. The van der Waals surface area contributed by atoms with E-state index in [0.717, 1.165) is 30.3 Å². The first-order valence-electron chi connectivity index (χ1n) is 9.86. The highest BCUT2D eigenvalue weighted by molar-refractivity contribution is 7.18. The van der Waals surface area contributed by atoms with Gasteiger partial charge < -0.3 is 9.80 Å². The third-order valence-corrected chi connectivity index (χ3v) is 7.47. The van der Waals surface area contributed by atoms with Gasteiger partial charge in [0.05, 0.1) is 15.2 Å². The number of carbonyl (C=O) groups excluding carboxylic acids is 1. The van der Waals surface area contributed by atoms with Gasteiger partial charge in [0, 0.05) is 37.8 Å². The number of hydrogen-bond acceptors (Lipinski definition) is 4. The van der Waals surface area contributed by atoms with Crippen molar-refractivity contribution in [2.24, 2.45) is 0 Å². The zero-order valence-electron chi connectivity index (χ0n) is 15.4. The molecule has 5 rings (SSSR count). The molecule has 0 spiro atoms. The highest BCUT2D eigenvalue weighted by atomic mass is 32.1. The molecule has 0 atom stereocenters. The average molecular weight is 371 g/mol. The molecule has 0 bridgehead atoms. The molecule has 1 saturated carbocycles. The first-order valence-corrected chi connectivity index (χ1v) is 10.7. The van der Waals surface area contributed by atoms with Crippen LogP contribution in [0, 0.1) is 0 Å². The minimum atomic E-state index is 0.0949. The van der Waals surface area contributed by atoms with E-state index < -0.39 is 0 Å². The van der Waals surface area contributed by atoms with E-state index in [1.165, 1.54) is 54.9 Å². The molecule has 1 aromatic heterocycles. The molecule has 3 aliphatic rings. The molecular formula is C20H26N4OS. The lowest BCUT2D eigenvalue weighted by molar-refractivity contribution is 0.0888. The highest BCUT2D eigenvalue weighted by Gasteiger charge is 2.36. The van der Waals surface area contributed by atoms with Crippen LogP contribution in [0.3, 0.4) is 0 Å². The topological polar surface area (TPSA) is 39.7 Å².